The Morgan fingerprint density at radius 1 is 0.841 bits per heavy atom. The van der Waals surface area contributed by atoms with Crippen LogP contribution in [-0.2, 0) is 20.8 Å². The van der Waals surface area contributed by atoms with Gasteiger partial charge in [-0.15, -0.1) is 0 Å². The number of hydrogen-bond acceptors (Lipinski definition) is 6. The van der Waals surface area contributed by atoms with E-state index >= 15 is 0 Å². The summed E-state index contributed by atoms with van der Waals surface area (Å²) in [7, 11) is 0. The van der Waals surface area contributed by atoms with Crippen LogP contribution in [0, 0.1) is 0 Å². The van der Waals surface area contributed by atoms with Crippen molar-refractivity contribution in [2.75, 3.05) is 49.7 Å². The number of nitrogens with one attached hydrogen (secondary N) is 2. The molecule has 1 aromatic heterocycles. The first-order chi connectivity index (χ1) is 21.4. The molecule has 0 aliphatic carbocycles. The number of pyridine rings is 1. The van der Waals surface area contributed by atoms with Gasteiger partial charge in [-0.25, -0.2) is 14.2 Å². The number of ether oxygens (including phenoxy) is 3. The van der Waals surface area contributed by atoms with Gasteiger partial charge in [-0.3, -0.25) is 10.1 Å². The van der Waals surface area contributed by atoms with Crippen molar-refractivity contribution in [3.8, 4) is 0 Å². The summed E-state index contributed by atoms with van der Waals surface area (Å²) in [4.78, 5) is 39.5. The number of nitrogens with zero attached hydrogens (tertiary/aromatic N) is 2. The van der Waals surface area contributed by atoms with Gasteiger partial charge in [-0.05, 0) is 45.6 Å². The third-order valence-corrected chi connectivity index (χ3v) is 6.91. The number of hydrogen-bond donors (Lipinski definition) is 2. The van der Waals surface area contributed by atoms with Crippen LogP contribution in [0.25, 0.3) is 10.8 Å². The molecule has 0 spiro atoms. The third kappa shape index (κ3) is 9.78. The minimum atomic E-state index is -0.622. The molecule has 3 aromatic carbocycles. The molecular formula is C33H36BrN4O6+. The molecular weight excluding hydrogens is 628 g/mol. The molecule has 0 saturated carbocycles. The Morgan fingerprint density at radius 3 is 2.41 bits per heavy atom. The van der Waals surface area contributed by atoms with Crippen LogP contribution in [0.1, 0.15) is 23.7 Å². The number of benzene rings is 3. The molecule has 0 aliphatic rings. The van der Waals surface area contributed by atoms with Gasteiger partial charge in [0.2, 0.25) is 0 Å². The summed E-state index contributed by atoms with van der Waals surface area (Å²) in [6, 6.07) is 24.4. The first kappa shape index (κ1) is 32.4. The van der Waals surface area contributed by atoms with Crippen molar-refractivity contribution in [1.82, 2.24) is 5.32 Å². The molecule has 10 nitrogen and oxygen atoms in total. The monoisotopic (exact) mass is 663 g/mol. The quantitative estimate of drug-likeness (QED) is 0.128. The summed E-state index contributed by atoms with van der Waals surface area (Å²) in [6.45, 7) is 3.66. The number of para-hydroxylation sites is 1. The number of carbonyl (C=O) groups is 3. The van der Waals surface area contributed by atoms with Crippen molar-refractivity contribution >= 4 is 56.2 Å². The molecule has 230 valence electrons. The summed E-state index contributed by atoms with van der Waals surface area (Å²) in [5.74, 6) is -0.201. The first-order valence-electron chi connectivity index (χ1n) is 14.4. The highest BCUT2D eigenvalue weighted by Crippen LogP contribution is 2.23. The zero-order valence-electron chi connectivity index (χ0n) is 24.5. The highest BCUT2D eigenvalue weighted by atomic mass is 79.9. The number of carbonyl (C=O) groups excluding carboxylic acids is 3. The molecule has 44 heavy (non-hydrogen) atoms. The van der Waals surface area contributed by atoms with Crippen molar-refractivity contribution in [1.29, 1.82) is 0 Å². The second-order valence-corrected chi connectivity index (χ2v) is 10.7. The molecule has 0 fully saturated rings. The summed E-state index contributed by atoms with van der Waals surface area (Å²) < 4.78 is 18.7. The van der Waals surface area contributed by atoms with Gasteiger partial charge in [0, 0.05) is 24.0 Å². The van der Waals surface area contributed by atoms with E-state index in [0.29, 0.717) is 16.9 Å². The number of alkyl carbamates (subject to hydrolysis) is 1. The standard InChI is InChI=1S/C33H35BrN4O6/c1-2-16-37-23-26(22-27(34)24-37)31(39)38(28-11-4-3-5-12-28)17-19-43-32(40)35-15-18-42-20-21-44-33(41)36-30-14-8-10-25-9-6-7-13-29(25)30/h3-14,22-24H,2,15-21H2,1H3,(H-,35,36,40,41)/p+1. The van der Waals surface area contributed by atoms with Crippen molar-refractivity contribution in [2.24, 2.45) is 0 Å². The second kappa shape index (κ2) is 17.0. The van der Waals surface area contributed by atoms with E-state index in [4.69, 9.17) is 14.2 Å². The molecule has 0 aliphatic heterocycles. The SMILES string of the molecule is CCC[n+]1cc(Br)cc(C(=O)N(CCOC(=O)NCCOCCOC(=O)Nc2cccc3ccccc23)c2ccccc2)c1. The van der Waals surface area contributed by atoms with Gasteiger partial charge in [0.25, 0.3) is 5.91 Å². The van der Waals surface area contributed by atoms with Gasteiger partial charge < -0.3 is 24.4 Å². The topological polar surface area (TPSA) is 110 Å². The lowest BCUT2D eigenvalue weighted by Gasteiger charge is -2.22. The summed E-state index contributed by atoms with van der Waals surface area (Å²) in [5, 5.41) is 7.30. The molecule has 4 aromatic rings. The fourth-order valence-corrected chi connectivity index (χ4v) is 5.00. The van der Waals surface area contributed by atoms with E-state index < -0.39 is 12.2 Å². The Morgan fingerprint density at radius 2 is 1.59 bits per heavy atom. The zero-order valence-corrected chi connectivity index (χ0v) is 26.1. The molecule has 11 heteroatoms. The maximum Gasteiger partial charge on any atom is 0.411 e. The molecule has 0 saturated heterocycles. The Kier molecular flexibility index (Phi) is 12.5. The number of aromatic nitrogens is 1. The van der Waals surface area contributed by atoms with Crippen LogP contribution in [0.2, 0.25) is 0 Å². The van der Waals surface area contributed by atoms with Crippen LogP contribution in [0.3, 0.4) is 0 Å². The Balaban J connectivity index is 1.15. The molecule has 0 radical (unpaired) electrons. The Labute approximate surface area is 265 Å². The molecule has 1 heterocycles. The van der Waals surface area contributed by atoms with E-state index in [1.54, 1.807) is 11.0 Å². The van der Waals surface area contributed by atoms with Crippen LogP contribution in [-0.4, -0.2) is 57.6 Å². The van der Waals surface area contributed by atoms with E-state index in [1.807, 2.05) is 89.8 Å². The van der Waals surface area contributed by atoms with Crippen LogP contribution in [0.15, 0.2) is 95.7 Å². The lowest BCUT2D eigenvalue weighted by molar-refractivity contribution is -0.697. The van der Waals surface area contributed by atoms with Gasteiger partial charge in [0.1, 0.15) is 25.3 Å². The maximum absolute atomic E-state index is 13.5. The molecule has 0 unspecified atom stereocenters. The predicted octanol–water partition coefficient (Wildman–Crippen LogP) is 5.94. The largest absolute Gasteiger partial charge is 0.448 e. The van der Waals surface area contributed by atoms with Crippen LogP contribution in [0.4, 0.5) is 21.0 Å². The smallest absolute Gasteiger partial charge is 0.411 e. The van der Waals surface area contributed by atoms with Crippen molar-refractivity contribution in [3.63, 3.8) is 0 Å². The summed E-state index contributed by atoms with van der Waals surface area (Å²) >= 11 is 3.49. The lowest BCUT2D eigenvalue weighted by Crippen LogP contribution is -2.39. The third-order valence-electron chi connectivity index (χ3n) is 6.48. The minimum absolute atomic E-state index is 0.00403. The van der Waals surface area contributed by atoms with Gasteiger partial charge in [-0.2, -0.15) is 0 Å². The van der Waals surface area contributed by atoms with Crippen molar-refractivity contribution < 1.29 is 33.2 Å². The molecule has 3 amide bonds. The highest BCUT2D eigenvalue weighted by molar-refractivity contribution is 9.10. The molecule has 0 atom stereocenters. The van der Waals surface area contributed by atoms with E-state index in [0.717, 1.165) is 28.2 Å². The van der Waals surface area contributed by atoms with Crippen LogP contribution >= 0.6 is 15.9 Å². The van der Waals surface area contributed by atoms with E-state index in [-0.39, 0.29) is 45.4 Å². The summed E-state index contributed by atoms with van der Waals surface area (Å²) in [6.07, 6.45) is 3.49. The second-order valence-electron chi connectivity index (χ2n) is 9.74. The van der Waals surface area contributed by atoms with Crippen LogP contribution in [0.5, 0.6) is 0 Å². The number of anilines is 2. The minimum Gasteiger partial charge on any atom is -0.448 e. The lowest BCUT2D eigenvalue weighted by atomic mass is 10.1. The van der Waals surface area contributed by atoms with Gasteiger partial charge in [0.15, 0.2) is 12.4 Å². The fraction of sp³-hybridized carbons (Fsp3) is 0.273. The number of rotatable bonds is 14. The van der Waals surface area contributed by atoms with Crippen LogP contribution < -0.4 is 20.1 Å². The highest BCUT2D eigenvalue weighted by Gasteiger charge is 2.21. The normalized spacial score (nSPS) is 10.7. The van der Waals surface area contributed by atoms with E-state index in [1.165, 1.54) is 0 Å². The van der Waals surface area contributed by atoms with Gasteiger partial charge >= 0.3 is 12.2 Å². The number of amides is 3. The Bertz CT molecular complexity index is 1550. The molecule has 0 bridgehead atoms. The zero-order chi connectivity index (χ0) is 31.1. The number of aryl methyl sites for hydroxylation is 1. The van der Waals surface area contributed by atoms with E-state index in [9.17, 15) is 14.4 Å². The van der Waals surface area contributed by atoms with Crippen molar-refractivity contribution in [3.05, 3.63) is 101 Å². The average molecular weight is 665 g/mol. The van der Waals surface area contributed by atoms with Gasteiger partial charge in [0.05, 0.1) is 29.9 Å². The molecule has 4 rings (SSSR count). The van der Waals surface area contributed by atoms with Gasteiger partial charge in [-0.1, -0.05) is 61.5 Å². The average Bonchev–Trinajstić information content (AvgIpc) is 3.03. The maximum atomic E-state index is 13.5. The van der Waals surface area contributed by atoms with Crippen molar-refractivity contribution in [2.45, 2.75) is 19.9 Å². The number of fused-ring (bicyclic) bond motifs is 1. The number of halogens is 1. The van der Waals surface area contributed by atoms with E-state index in [2.05, 4.69) is 33.5 Å². The summed E-state index contributed by atoms with van der Waals surface area (Å²) in [5.41, 5.74) is 1.89. The molecule has 2 N–H and O–H groups in total. The first-order valence-corrected chi connectivity index (χ1v) is 15.2. The Hall–Kier alpha value is -4.48. The predicted molar refractivity (Wildman–Crippen MR) is 172 cm³/mol. The fourth-order valence-electron chi connectivity index (χ4n) is 4.50.